The number of aryl methyl sites for hydroxylation is 2. The number of rotatable bonds is 2. The number of ketones is 1. The van der Waals surface area contributed by atoms with Crippen LogP contribution in [-0.4, -0.2) is 11.7 Å². The van der Waals surface area contributed by atoms with Crippen molar-refractivity contribution in [2.24, 2.45) is 0 Å². The third-order valence-electron chi connectivity index (χ3n) is 5.56. The fourth-order valence-corrected chi connectivity index (χ4v) is 4.26. The summed E-state index contributed by atoms with van der Waals surface area (Å²) in [5.74, 6) is -0.902. The van der Waals surface area contributed by atoms with Gasteiger partial charge in [0.15, 0.2) is 5.78 Å². The molecule has 0 N–H and O–H groups in total. The molecule has 1 aliphatic carbocycles. The zero-order chi connectivity index (χ0) is 19.1. The molecule has 2 aromatic carbocycles. The fourth-order valence-electron chi connectivity index (χ4n) is 4.26. The summed E-state index contributed by atoms with van der Waals surface area (Å²) in [6.45, 7) is 3.96. The van der Waals surface area contributed by atoms with E-state index in [1.807, 2.05) is 32.0 Å². The summed E-state index contributed by atoms with van der Waals surface area (Å²) in [6.07, 6.45) is 1.94. The van der Waals surface area contributed by atoms with Crippen LogP contribution in [0.1, 0.15) is 48.3 Å². The SMILES string of the molecule is Cc1ccc(C)c(N2C(=O)CC(c3ccccc3F)C3=C2CCCC3=O)c1. The van der Waals surface area contributed by atoms with Gasteiger partial charge in [-0.05, 0) is 55.5 Å². The van der Waals surface area contributed by atoms with E-state index in [4.69, 9.17) is 0 Å². The summed E-state index contributed by atoms with van der Waals surface area (Å²) >= 11 is 0. The highest BCUT2D eigenvalue weighted by Gasteiger charge is 2.40. The van der Waals surface area contributed by atoms with Gasteiger partial charge in [0.05, 0.1) is 5.69 Å². The predicted molar refractivity (Wildman–Crippen MR) is 103 cm³/mol. The van der Waals surface area contributed by atoms with Crippen LogP contribution < -0.4 is 4.90 Å². The molecule has 0 radical (unpaired) electrons. The minimum absolute atomic E-state index is 0.0345. The molecule has 4 heteroatoms. The van der Waals surface area contributed by atoms with Gasteiger partial charge in [-0.15, -0.1) is 0 Å². The maximum Gasteiger partial charge on any atom is 0.232 e. The minimum Gasteiger partial charge on any atom is -0.294 e. The van der Waals surface area contributed by atoms with Crippen molar-refractivity contribution in [3.63, 3.8) is 0 Å². The van der Waals surface area contributed by atoms with E-state index in [1.54, 1.807) is 23.1 Å². The molecular formula is C23H22FNO2. The summed E-state index contributed by atoms with van der Waals surface area (Å²) in [7, 11) is 0. The summed E-state index contributed by atoms with van der Waals surface area (Å²) in [6, 6.07) is 12.5. The highest BCUT2D eigenvalue weighted by atomic mass is 19.1. The van der Waals surface area contributed by atoms with Crippen molar-refractivity contribution < 1.29 is 14.0 Å². The Morgan fingerprint density at radius 2 is 1.81 bits per heavy atom. The normalized spacial score (nSPS) is 20.1. The molecule has 3 nitrogen and oxygen atoms in total. The lowest BCUT2D eigenvalue weighted by Gasteiger charge is -2.39. The third kappa shape index (κ3) is 2.99. The first-order valence-electron chi connectivity index (χ1n) is 9.38. The number of allylic oxidation sites excluding steroid dienone is 2. The van der Waals surface area contributed by atoms with Crippen LogP contribution in [-0.2, 0) is 9.59 Å². The number of carbonyl (C=O) groups excluding carboxylic acids is 2. The van der Waals surface area contributed by atoms with Gasteiger partial charge >= 0.3 is 0 Å². The van der Waals surface area contributed by atoms with Gasteiger partial charge in [0.1, 0.15) is 5.82 Å². The highest BCUT2D eigenvalue weighted by molar-refractivity contribution is 6.07. The Balaban J connectivity index is 1.91. The fraction of sp³-hybridized carbons (Fsp3) is 0.304. The van der Waals surface area contributed by atoms with Crippen molar-refractivity contribution in [1.29, 1.82) is 0 Å². The summed E-state index contributed by atoms with van der Waals surface area (Å²) in [4.78, 5) is 27.7. The van der Waals surface area contributed by atoms with Crippen LogP contribution in [0.15, 0.2) is 53.7 Å². The average molecular weight is 363 g/mol. The quantitative estimate of drug-likeness (QED) is 0.755. The standard InChI is InChI=1S/C23H22FNO2/c1-14-10-11-15(2)20(12-14)25-19-8-5-9-21(26)23(19)17(13-22(25)27)16-6-3-4-7-18(16)24/h3-4,6-7,10-12,17H,5,8-9,13H2,1-2H3. The molecule has 1 atom stereocenters. The Hall–Kier alpha value is -2.75. The lowest BCUT2D eigenvalue weighted by molar-refractivity contribution is -0.119. The van der Waals surface area contributed by atoms with Gasteiger partial charge in [0, 0.05) is 30.0 Å². The zero-order valence-corrected chi connectivity index (χ0v) is 15.6. The Bertz CT molecular complexity index is 976. The smallest absolute Gasteiger partial charge is 0.232 e. The van der Waals surface area contributed by atoms with E-state index in [0.29, 0.717) is 24.0 Å². The van der Waals surface area contributed by atoms with Crippen LogP contribution in [0.3, 0.4) is 0 Å². The van der Waals surface area contributed by atoms with Crippen LogP contribution in [0, 0.1) is 19.7 Å². The molecule has 2 aliphatic rings. The molecule has 4 rings (SSSR count). The van der Waals surface area contributed by atoms with Crippen molar-refractivity contribution in [3.05, 3.63) is 76.2 Å². The molecule has 0 saturated carbocycles. The van der Waals surface area contributed by atoms with Gasteiger partial charge in [0.2, 0.25) is 5.91 Å². The first kappa shape index (κ1) is 17.7. The number of halogens is 1. The topological polar surface area (TPSA) is 37.4 Å². The molecule has 1 unspecified atom stereocenters. The second kappa shape index (κ2) is 6.76. The van der Waals surface area contributed by atoms with Crippen molar-refractivity contribution in [3.8, 4) is 0 Å². The molecule has 0 bridgehead atoms. The number of Topliss-reactive ketones (excluding diaryl/α,β-unsaturated/α-hetero) is 1. The average Bonchev–Trinajstić information content (AvgIpc) is 2.64. The predicted octanol–water partition coefficient (Wildman–Crippen LogP) is 4.97. The van der Waals surface area contributed by atoms with E-state index in [9.17, 15) is 14.0 Å². The molecule has 2 aromatic rings. The van der Waals surface area contributed by atoms with E-state index in [1.165, 1.54) is 6.07 Å². The van der Waals surface area contributed by atoms with E-state index >= 15 is 0 Å². The number of amides is 1. The number of carbonyl (C=O) groups is 2. The summed E-state index contributed by atoms with van der Waals surface area (Å²) in [5.41, 5.74) is 4.69. The maximum atomic E-state index is 14.5. The number of benzene rings is 2. The highest BCUT2D eigenvalue weighted by Crippen LogP contribution is 2.44. The summed E-state index contributed by atoms with van der Waals surface area (Å²) < 4.78 is 14.5. The van der Waals surface area contributed by atoms with Crippen molar-refractivity contribution in [2.45, 2.75) is 45.4 Å². The number of hydrogen-bond acceptors (Lipinski definition) is 2. The second-order valence-corrected chi connectivity index (χ2v) is 7.43. The van der Waals surface area contributed by atoms with Crippen molar-refractivity contribution >= 4 is 17.4 Å². The molecule has 1 heterocycles. The molecule has 0 aromatic heterocycles. The van der Waals surface area contributed by atoms with Gasteiger partial charge in [-0.3, -0.25) is 14.5 Å². The number of anilines is 1. The first-order chi connectivity index (χ1) is 13.0. The van der Waals surface area contributed by atoms with Gasteiger partial charge in [-0.1, -0.05) is 30.3 Å². The van der Waals surface area contributed by atoms with E-state index in [2.05, 4.69) is 0 Å². The van der Waals surface area contributed by atoms with Gasteiger partial charge in [0.25, 0.3) is 0 Å². The van der Waals surface area contributed by atoms with Crippen LogP contribution in [0.4, 0.5) is 10.1 Å². The summed E-state index contributed by atoms with van der Waals surface area (Å²) in [5, 5.41) is 0. The molecule has 1 amide bonds. The van der Waals surface area contributed by atoms with Crippen LogP contribution >= 0.6 is 0 Å². The second-order valence-electron chi connectivity index (χ2n) is 7.43. The van der Waals surface area contributed by atoms with Crippen molar-refractivity contribution in [1.82, 2.24) is 0 Å². The number of hydrogen-bond donors (Lipinski definition) is 0. The molecule has 0 fully saturated rings. The molecule has 0 spiro atoms. The van der Waals surface area contributed by atoms with Gasteiger partial charge in [-0.2, -0.15) is 0 Å². The molecule has 27 heavy (non-hydrogen) atoms. The van der Waals surface area contributed by atoms with E-state index in [0.717, 1.165) is 28.9 Å². The monoisotopic (exact) mass is 363 g/mol. The van der Waals surface area contributed by atoms with Crippen LogP contribution in [0.2, 0.25) is 0 Å². The van der Waals surface area contributed by atoms with E-state index < -0.39 is 5.92 Å². The van der Waals surface area contributed by atoms with Crippen LogP contribution in [0.5, 0.6) is 0 Å². The third-order valence-corrected chi connectivity index (χ3v) is 5.56. The lowest BCUT2D eigenvalue weighted by Crippen LogP contribution is -2.41. The van der Waals surface area contributed by atoms with Gasteiger partial charge in [-0.25, -0.2) is 4.39 Å². The molecule has 138 valence electrons. The molecule has 1 aliphatic heterocycles. The largest absolute Gasteiger partial charge is 0.294 e. The van der Waals surface area contributed by atoms with E-state index in [-0.39, 0.29) is 23.9 Å². The lowest BCUT2D eigenvalue weighted by atomic mass is 9.77. The zero-order valence-electron chi connectivity index (χ0n) is 15.6. The minimum atomic E-state index is -0.497. The Labute approximate surface area is 158 Å². The first-order valence-corrected chi connectivity index (χ1v) is 9.38. The Morgan fingerprint density at radius 1 is 1.04 bits per heavy atom. The maximum absolute atomic E-state index is 14.5. The Kier molecular flexibility index (Phi) is 4.42. The molecule has 0 saturated heterocycles. The van der Waals surface area contributed by atoms with Crippen molar-refractivity contribution in [2.75, 3.05) is 4.90 Å². The number of nitrogens with zero attached hydrogens (tertiary/aromatic N) is 1. The molecular weight excluding hydrogens is 341 g/mol. The van der Waals surface area contributed by atoms with Crippen LogP contribution in [0.25, 0.3) is 0 Å². The Morgan fingerprint density at radius 3 is 2.59 bits per heavy atom. The van der Waals surface area contributed by atoms with Gasteiger partial charge < -0.3 is 0 Å².